The van der Waals surface area contributed by atoms with Gasteiger partial charge in [0.15, 0.2) is 0 Å². The van der Waals surface area contributed by atoms with Gasteiger partial charge in [-0.15, -0.1) is 0 Å². The lowest BCUT2D eigenvalue weighted by Gasteiger charge is -2.56. The molecule has 2 amide bonds. The molecule has 2 aliphatic carbocycles. The molecule has 35 heavy (non-hydrogen) atoms. The van der Waals surface area contributed by atoms with Gasteiger partial charge in [-0.25, -0.2) is 0 Å². The molecule has 0 heterocycles. The average molecular weight is 487 g/mol. The third kappa shape index (κ3) is 6.58. The summed E-state index contributed by atoms with van der Waals surface area (Å²) in [5, 5.41) is 17.9. The van der Waals surface area contributed by atoms with Crippen molar-refractivity contribution in [1.82, 2.24) is 10.6 Å². The Labute approximate surface area is 211 Å². The van der Waals surface area contributed by atoms with Crippen molar-refractivity contribution in [2.75, 3.05) is 7.11 Å². The van der Waals surface area contributed by atoms with E-state index in [9.17, 15) is 14.7 Å². The Morgan fingerprint density at radius 3 is 2.40 bits per heavy atom. The largest absolute Gasteiger partial charge is 0.497 e. The van der Waals surface area contributed by atoms with Gasteiger partial charge in [0.2, 0.25) is 11.8 Å². The normalized spacial score (nSPS) is 31.7. The molecule has 7 atom stereocenters. The molecule has 0 unspecified atom stereocenters. The average Bonchev–Trinajstić information content (AvgIpc) is 2.78. The number of aliphatic hydroxyl groups is 1. The summed E-state index contributed by atoms with van der Waals surface area (Å²) in [6, 6.07) is 7.73. The van der Waals surface area contributed by atoms with Gasteiger partial charge in [-0.2, -0.15) is 0 Å². The summed E-state index contributed by atoms with van der Waals surface area (Å²) < 4.78 is 5.20. The van der Waals surface area contributed by atoms with Crippen molar-refractivity contribution in [2.24, 2.45) is 34.5 Å². The molecular weight excluding hydrogens is 440 g/mol. The molecule has 1 aromatic rings. The molecule has 6 heteroatoms. The number of aliphatic hydroxyl groups excluding tert-OH is 1. The second-order valence-electron chi connectivity index (χ2n) is 12.5. The van der Waals surface area contributed by atoms with Crippen LogP contribution in [0.5, 0.6) is 5.75 Å². The molecule has 0 bridgehead atoms. The number of fused-ring (bicyclic) bond motifs is 1. The van der Waals surface area contributed by atoms with E-state index in [1.165, 1.54) is 0 Å². The Hall–Kier alpha value is -2.08. The molecule has 0 radical (unpaired) electrons. The third-order valence-electron chi connectivity index (χ3n) is 8.61. The molecule has 0 aromatic heterocycles. The highest BCUT2D eigenvalue weighted by Gasteiger charge is 2.53. The SMILES string of the molecule is COc1ccc(CNC(=O)[C@@H](C)[C@H]2CC[C@]3(C)CC[C@H](NC(=O)CC(C)(C)C)[C@H](C)[C@@H]3[C@H]2O)cc1. The Morgan fingerprint density at radius 1 is 1.17 bits per heavy atom. The summed E-state index contributed by atoms with van der Waals surface area (Å²) in [4.78, 5) is 25.7. The summed E-state index contributed by atoms with van der Waals surface area (Å²) in [7, 11) is 1.63. The van der Waals surface area contributed by atoms with Crippen LogP contribution in [0.2, 0.25) is 0 Å². The van der Waals surface area contributed by atoms with E-state index < -0.39 is 6.10 Å². The standard InChI is InChI=1S/C29H46N2O4/c1-18(27(34)30-17-20-8-10-21(35-7)11-9-20)22-12-14-29(6)15-13-23(19(2)25(29)26(22)33)31-24(32)16-28(3,4)5/h8-11,18-19,22-23,25-26,33H,12-17H2,1-7H3,(H,30,34)(H,31,32)/t18-,19-,22+,23-,25+,26-,29+/m0/s1. The Bertz CT molecular complexity index is 878. The predicted octanol–water partition coefficient (Wildman–Crippen LogP) is 4.69. The van der Waals surface area contributed by atoms with Gasteiger partial charge in [0.05, 0.1) is 13.2 Å². The van der Waals surface area contributed by atoms with Gasteiger partial charge in [0.1, 0.15) is 5.75 Å². The molecule has 6 nitrogen and oxygen atoms in total. The lowest BCUT2D eigenvalue weighted by Crippen LogP contribution is -2.58. The van der Waals surface area contributed by atoms with Crippen LogP contribution in [0.4, 0.5) is 0 Å². The number of nitrogens with one attached hydrogen (secondary N) is 2. The number of methoxy groups -OCH3 is 1. The number of carbonyl (C=O) groups is 2. The summed E-state index contributed by atoms with van der Waals surface area (Å²) in [5.74, 6) is 0.706. The van der Waals surface area contributed by atoms with Crippen molar-refractivity contribution in [3.63, 3.8) is 0 Å². The summed E-state index contributed by atoms with van der Waals surface area (Å²) in [5.41, 5.74) is 0.998. The molecule has 1 aromatic carbocycles. The zero-order valence-electron chi connectivity index (χ0n) is 22.7. The second-order valence-corrected chi connectivity index (χ2v) is 12.5. The minimum Gasteiger partial charge on any atom is -0.497 e. The van der Waals surface area contributed by atoms with Crippen LogP contribution in [0.15, 0.2) is 24.3 Å². The maximum Gasteiger partial charge on any atom is 0.223 e. The van der Waals surface area contributed by atoms with Crippen LogP contribution in [0.1, 0.15) is 79.2 Å². The number of rotatable bonds is 7. The minimum atomic E-state index is -0.562. The van der Waals surface area contributed by atoms with Crippen molar-refractivity contribution in [3.8, 4) is 5.75 Å². The molecule has 0 spiro atoms. The van der Waals surface area contributed by atoms with Crippen LogP contribution in [0.3, 0.4) is 0 Å². The summed E-state index contributed by atoms with van der Waals surface area (Å²) in [6.45, 7) is 13.1. The number of benzene rings is 1. The fourth-order valence-corrected chi connectivity index (χ4v) is 6.53. The highest BCUT2D eigenvalue weighted by molar-refractivity contribution is 5.78. The zero-order valence-corrected chi connectivity index (χ0v) is 22.7. The van der Waals surface area contributed by atoms with Gasteiger partial charge in [-0.3, -0.25) is 9.59 Å². The smallest absolute Gasteiger partial charge is 0.223 e. The lowest BCUT2D eigenvalue weighted by atomic mass is 9.51. The number of amides is 2. The van der Waals surface area contributed by atoms with E-state index in [1.54, 1.807) is 7.11 Å². The van der Waals surface area contributed by atoms with Crippen molar-refractivity contribution in [3.05, 3.63) is 29.8 Å². The van der Waals surface area contributed by atoms with Crippen LogP contribution in [-0.4, -0.2) is 36.2 Å². The quantitative estimate of drug-likeness (QED) is 0.522. The maximum atomic E-state index is 13.0. The van der Waals surface area contributed by atoms with Gasteiger partial charge < -0.3 is 20.5 Å². The first kappa shape index (κ1) is 27.5. The number of hydrogen-bond acceptors (Lipinski definition) is 4. The monoisotopic (exact) mass is 486 g/mol. The van der Waals surface area contributed by atoms with Crippen molar-refractivity contribution in [1.29, 1.82) is 0 Å². The molecular formula is C29H46N2O4. The zero-order chi connectivity index (χ0) is 26.0. The first-order valence-corrected chi connectivity index (χ1v) is 13.2. The highest BCUT2D eigenvalue weighted by atomic mass is 16.5. The molecule has 3 rings (SSSR count). The molecule has 3 N–H and O–H groups in total. The third-order valence-corrected chi connectivity index (χ3v) is 8.61. The number of ether oxygens (including phenoxy) is 1. The van der Waals surface area contributed by atoms with Crippen LogP contribution in [0.25, 0.3) is 0 Å². The van der Waals surface area contributed by atoms with E-state index >= 15 is 0 Å². The Balaban J connectivity index is 1.64. The van der Waals surface area contributed by atoms with E-state index in [-0.39, 0.29) is 52.4 Å². The van der Waals surface area contributed by atoms with Gasteiger partial charge in [-0.05, 0) is 72.0 Å². The van der Waals surface area contributed by atoms with E-state index in [2.05, 4.69) is 45.3 Å². The molecule has 0 saturated heterocycles. The Morgan fingerprint density at radius 2 is 1.80 bits per heavy atom. The number of carbonyl (C=O) groups excluding carboxylic acids is 2. The fourth-order valence-electron chi connectivity index (χ4n) is 6.53. The first-order chi connectivity index (χ1) is 16.3. The number of hydrogen-bond donors (Lipinski definition) is 3. The summed E-state index contributed by atoms with van der Waals surface area (Å²) >= 11 is 0. The fraction of sp³-hybridized carbons (Fsp3) is 0.724. The van der Waals surface area contributed by atoms with Gasteiger partial charge >= 0.3 is 0 Å². The van der Waals surface area contributed by atoms with Gasteiger partial charge in [0, 0.05) is 24.9 Å². The molecule has 2 aliphatic rings. The van der Waals surface area contributed by atoms with E-state index in [0.717, 1.165) is 37.0 Å². The van der Waals surface area contributed by atoms with E-state index in [4.69, 9.17) is 4.74 Å². The van der Waals surface area contributed by atoms with Crippen LogP contribution in [0, 0.1) is 34.5 Å². The summed E-state index contributed by atoms with van der Waals surface area (Å²) in [6.07, 6.45) is 3.72. The van der Waals surface area contributed by atoms with Crippen LogP contribution < -0.4 is 15.4 Å². The molecule has 196 valence electrons. The first-order valence-electron chi connectivity index (χ1n) is 13.2. The predicted molar refractivity (Wildman–Crippen MR) is 139 cm³/mol. The van der Waals surface area contributed by atoms with Crippen LogP contribution >= 0.6 is 0 Å². The van der Waals surface area contributed by atoms with Gasteiger partial charge in [-0.1, -0.05) is 53.7 Å². The minimum absolute atomic E-state index is 0.0213. The van der Waals surface area contributed by atoms with E-state index in [1.807, 2.05) is 31.2 Å². The van der Waals surface area contributed by atoms with Gasteiger partial charge in [0.25, 0.3) is 0 Å². The molecule has 2 saturated carbocycles. The van der Waals surface area contributed by atoms with E-state index in [0.29, 0.717) is 13.0 Å². The molecule has 2 fully saturated rings. The highest BCUT2D eigenvalue weighted by Crippen LogP contribution is 2.55. The van der Waals surface area contributed by atoms with Crippen molar-refractivity contribution < 1.29 is 19.4 Å². The Kier molecular flexibility index (Phi) is 8.56. The second kappa shape index (κ2) is 10.9. The van der Waals surface area contributed by atoms with Crippen molar-refractivity contribution in [2.45, 2.75) is 92.3 Å². The lowest BCUT2D eigenvalue weighted by molar-refractivity contribution is -0.144. The van der Waals surface area contributed by atoms with Crippen LogP contribution in [-0.2, 0) is 16.1 Å². The molecule has 0 aliphatic heterocycles. The van der Waals surface area contributed by atoms with Crippen molar-refractivity contribution >= 4 is 11.8 Å². The topological polar surface area (TPSA) is 87.7 Å². The maximum absolute atomic E-state index is 13.0.